The molecule has 0 unspecified atom stereocenters. The summed E-state index contributed by atoms with van der Waals surface area (Å²) in [5, 5.41) is 21.5. The third kappa shape index (κ3) is 4.32. The van der Waals surface area contributed by atoms with Gasteiger partial charge in [0, 0.05) is 30.0 Å². The van der Waals surface area contributed by atoms with Crippen molar-refractivity contribution < 1.29 is 19.1 Å². The summed E-state index contributed by atoms with van der Waals surface area (Å²) in [6.07, 6.45) is 6.09. The van der Waals surface area contributed by atoms with Gasteiger partial charge in [-0.3, -0.25) is 9.20 Å². The van der Waals surface area contributed by atoms with Crippen LogP contribution in [-0.2, 0) is 4.79 Å². The number of nitrogens with one attached hydrogen (secondary N) is 1. The molecule has 0 saturated heterocycles. The van der Waals surface area contributed by atoms with E-state index < -0.39 is 17.8 Å². The predicted molar refractivity (Wildman–Crippen MR) is 138 cm³/mol. The maximum atomic E-state index is 14.8. The van der Waals surface area contributed by atoms with E-state index in [1.54, 1.807) is 17.7 Å². The van der Waals surface area contributed by atoms with E-state index in [9.17, 15) is 19.1 Å². The van der Waals surface area contributed by atoms with E-state index in [4.69, 9.17) is 16.6 Å². The summed E-state index contributed by atoms with van der Waals surface area (Å²) in [6.45, 7) is 2.88. The molecule has 1 saturated carbocycles. The standard InChI is InChI=1S/C26H23ClFN7O3/c1-13(30-19-4-5-20(27)31-22(19)26(37)38)17-10-16(28)11-18-21(17)32-23(35-12-29-33-24(18)35)14-6-8-34(9-7-14)25(36)15-2-3-15/h4-6,10-13,15,30H,2-3,7-9H2,1H3,(H,37,38)/t13-/m1/s1. The Morgan fingerprint density at radius 2 is 2.05 bits per heavy atom. The van der Waals surface area contributed by atoms with Crippen LogP contribution in [-0.4, -0.2) is 59.5 Å². The van der Waals surface area contributed by atoms with E-state index in [2.05, 4.69) is 20.5 Å². The van der Waals surface area contributed by atoms with Gasteiger partial charge in [0.25, 0.3) is 0 Å². The van der Waals surface area contributed by atoms with Crippen LogP contribution >= 0.6 is 11.6 Å². The number of rotatable bonds is 6. The van der Waals surface area contributed by atoms with Crippen molar-refractivity contribution in [1.82, 2.24) is 29.5 Å². The van der Waals surface area contributed by atoms with Crippen molar-refractivity contribution in [3.05, 3.63) is 64.7 Å². The maximum Gasteiger partial charge on any atom is 0.356 e. The number of carbonyl (C=O) groups is 2. The summed E-state index contributed by atoms with van der Waals surface area (Å²) in [7, 11) is 0. The molecule has 1 amide bonds. The molecule has 0 radical (unpaired) electrons. The van der Waals surface area contributed by atoms with E-state index in [1.165, 1.54) is 24.3 Å². The van der Waals surface area contributed by atoms with Crippen LogP contribution in [0.15, 0.2) is 36.7 Å². The summed E-state index contributed by atoms with van der Waals surface area (Å²) in [4.78, 5) is 34.9. The minimum atomic E-state index is -1.24. The minimum Gasteiger partial charge on any atom is -0.476 e. The van der Waals surface area contributed by atoms with Crippen molar-refractivity contribution in [3.63, 3.8) is 0 Å². The fourth-order valence-electron chi connectivity index (χ4n) is 4.89. The number of nitrogens with zero attached hydrogens (tertiary/aromatic N) is 6. The van der Waals surface area contributed by atoms with Crippen molar-refractivity contribution in [2.45, 2.75) is 32.2 Å². The molecule has 1 aliphatic heterocycles. The average molecular weight is 536 g/mol. The fourth-order valence-corrected chi connectivity index (χ4v) is 5.04. The Morgan fingerprint density at radius 1 is 1.24 bits per heavy atom. The molecule has 194 valence electrons. The van der Waals surface area contributed by atoms with Crippen molar-refractivity contribution in [2.24, 2.45) is 5.92 Å². The molecule has 3 aromatic heterocycles. The van der Waals surface area contributed by atoms with Crippen LogP contribution in [0, 0.1) is 11.7 Å². The lowest BCUT2D eigenvalue weighted by Crippen LogP contribution is -2.35. The van der Waals surface area contributed by atoms with Gasteiger partial charge >= 0.3 is 5.97 Å². The van der Waals surface area contributed by atoms with Crippen LogP contribution < -0.4 is 5.32 Å². The molecule has 6 rings (SSSR count). The number of pyridine rings is 1. The van der Waals surface area contributed by atoms with Gasteiger partial charge in [0.15, 0.2) is 11.3 Å². The van der Waals surface area contributed by atoms with Crippen LogP contribution in [0.2, 0.25) is 5.15 Å². The molecular formula is C26H23ClFN7O3. The number of anilines is 1. The van der Waals surface area contributed by atoms with Crippen molar-refractivity contribution in [1.29, 1.82) is 0 Å². The first kappa shape index (κ1) is 24.2. The van der Waals surface area contributed by atoms with Gasteiger partial charge in [-0.05, 0) is 56.0 Å². The topological polar surface area (TPSA) is 126 Å². The highest BCUT2D eigenvalue weighted by Gasteiger charge is 2.34. The fraction of sp³-hybridized carbons (Fsp3) is 0.308. The van der Waals surface area contributed by atoms with E-state index in [0.29, 0.717) is 47.4 Å². The van der Waals surface area contributed by atoms with Gasteiger partial charge in [-0.25, -0.2) is 19.2 Å². The molecule has 2 aliphatic rings. The number of carboxylic acid groups (broad SMARTS) is 1. The van der Waals surface area contributed by atoms with Crippen LogP contribution in [0.5, 0.6) is 0 Å². The Hall–Kier alpha value is -4.12. The lowest BCUT2D eigenvalue weighted by molar-refractivity contribution is -0.132. The first-order valence-electron chi connectivity index (χ1n) is 12.3. The second kappa shape index (κ2) is 9.32. The van der Waals surface area contributed by atoms with E-state index >= 15 is 0 Å². The summed E-state index contributed by atoms with van der Waals surface area (Å²) >= 11 is 5.89. The Bertz CT molecular complexity index is 1650. The molecule has 10 nitrogen and oxygen atoms in total. The predicted octanol–water partition coefficient (Wildman–Crippen LogP) is 4.36. The third-order valence-electron chi connectivity index (χ3n) is 6.98. The summed E-state index contributed by atoms with van der Waals surface area (Å²) in [5.74, 6) is -0.737. The molecule has 38 heavy (non-hydrogen) atoms. The molecule has 4 heterocycles. The van der Waals surface area contributed by atoms with Crippen LogP contribution in [0.4, 0.5) is 10.1 Å². The molecule has 1 fully saturated rings. The van der Waals surface area contributed by atoms with Gasteiger partial charge in [-0.15, -0.1) is 10.2 Å². The Balaban J connectivity index is 1.42. The van der Waals surface area contributed by atoms with Crippen LogP contribution in [0.1, 0.15) is 54.1 Å². The van der Waals surface area contributed by atoms with Gasteiger partial charge in [-0.2, -0.15) is 0 Å². The zero-order chi connectivity index (χ0) is 26.6. The number of fused-ring (bicyclic) bond motifs is 3. The Labute approximate surface area is 221 Å². The molecule has 1 aromatic carbocycles. The van der Waals surface area contributed by atoms with Crippen LogP contribution in [0.3, 0.4) is 0 Å². The molecule has 4 aromatic rings. The largest absolute Gasteiger partial charge is 0.476 e. The highest BCUT2D eigenvalue weighted by Crippen LogP contribution is 2.34. The van der Waals surface area contributed by atoms with E-state index in [0.717, 1.165) is 18.4 Å². The first-order valence-corrected chi connectivity index (χ1v) is 12.7. The van der Waals surface area contributed by atoms with Crippen molar-refractivity contribution >= 4 is 51.3 Å². The number of halogens is 2. The minimum absolute atomic E-state index is 0.0514. The molecule has 2 N–H and O–H groups in total. The summed E-state index contributed by atoms with van der Waals surface area (Å²) < 4.78 is 16.6. The lowest BCUT2D eigenvalue weighted by Gasteiger charge is -2.27. The summed E-state index contributed by atoms with van der Waals surface area (Å²) in [6, 6.07) is 5.19. The average Bonchev–Trinajstić information content (AvgIpc) is 3.64. The zero-order valence-corrected chi connectivity index (χ0v) is 21.1. The third-order valence-corrected chi connectivity index (χ3v) is 7.19. The van der Waals surface area contributed by atoms with E-state index in [-0.39, 0.29) is 28.4 Å². The van der Waals surface area contributed by atoms with Gasteiger partial charge in [0.1, 0.15) is 23.1 Å². The quantitative estimate of drug-likeness (QED) is 0.349. The van der Waals surface area contributed by atoms with E-state index in [1.807, 2.05) is 11.0 Å². The molecule has 12 heteroatoms. The van der Waals surface area contributed by atoms with Gasteiger partial charge in [-0.1, -0.05) is 17.7 Å². The number of amides is 1. The van der Waals surface area contributed by atoms with Crippen LogP contribution in [0.25, 0.3) is 22.1 Å². The molecule has 1 atom stereocenters. The maximum absolute atomic E-state index is 14.8. The number of aromatic nitrogens is 5. The highest BCUT2D eigenvalue weighted by molar-refractivity contribution is 6.29. The second-order valence-corrected chi connectivity index (χ2v) is 9.98. The SMILES string of the molecule is C[C@@H](Nc1ccc(Cl)nc1C(=O)O)c1cc(F)cc2c1nc(C1=CCN(C(=O)C3CC3)CC1)n1cnnc21. The van der Waals surface area contributed by atoms with Crippen molar-refractivity contribution in [3.8, 4) is 0 Å². The molecule has 0 bridgehead atoms. The van der Waals surface area contributed by atoms with Gasteiger partial charge in [0.05, 0.1) is 17.2 Å². The monoisotopic (exact) mass is 535 g/mol. The van der Waals surface area contributed by atoms with Gasteiger partial charge < -0.3 is 15.3 Å². The number of carbonyl (C=O) groups excluding carboxylic acids is 1. The summed E-state index contributed by atoms with van der Waals surface area (Å²) in [5.41, 5.74) is 2.43. The first-order chi connectivity index (χ1) is 18.3. The number of hydrogen-bond donors (Lipinski definition) is 2. The zero-order valence-electron chi connectivity index (χ0n) is 20.4. The lowest BCUT2D eigenvalue weighted by atomic mass is 10.0. The Morgan fingerprint density at radius 3 is 2.76 bits per heavy atom. The molecule has 1 aliphatic carbocycles. The Kier molecular flexibility index (Phi) is 5.94. The molecule has 0 spiro atoms. The molecular weight excluding hydrogens is 513 g/mol. The van der Waals surface area contributed by atoms with Crippen molar-refractivity contribution in [2.75, 3.05) is 18.4 Å². The van der Waals surface area contributed by atoms with Gasteiger partial charge in [0.2, 0.25) is 5.91 Å². The number of carboxylic acids is 1. The second-order valence-electron chi connectivity index (χ2n) is 9.59. The number of aromatic carboxylic acids is 1. The number of hydrogen-bond acceptors (Lipinski definition) is 7. The number of benzene rings is 1. The smallest absolute Gasteiger partial charge is 0.356 e. The normalized spacial score (nSPS) is 16.5. The highest BCUT2D eigenvalue weighted by atomic mass is 35.5.